The van der Waals surface area contributed by atoms with Crippen molar-refractivity contribution in [3.63, 3.8) is 0 Å². The van der Waals surface area contributed by atoms with Crippen LogP contribution in [0.15, 0.2) is 29.6 Å². The number of hydrogen-bond acceptors (Lipinski definition) is 2. The summed E-state index contributed by atoms with van der Waals surface area (Å²) in [6, 6.07) is 6.16. The molecule has 2 rings (SSSR count). The molecule has 0 amide bonds. The minimum Gasteiger partial charge on any atom is -0.379 e. The van der Waals surface area contributed by atoms with Crippen LogP contribution >= 0.6 is 34.5 Å². The van der Waals surface area contributed by atoms with Gasteiger partial charge in [-0.1, -0.05) is 23.2 Å². The van der Waals surface area contributed by atoms with Crippen molar-refractivity contribution in [3.05, 3.63) is 50.4 Å². The van der Waals surface area contributed by atoms with Gasteiger partial charge in [0.1, 0.15) is 5.82 Å². The topological polar surface area (TPSA) is 12.0 Å². The molecule has 1 nitrogen and oxygen atoms in total. The van der Waals surface area contributed by atoms with Crippen molar-refractivity contribution in [2.24, 2.45) is 0 Å². The van der Waals surface area contributed by atoms with Gasteiger partial charge in [-0.2, -0.15) is 0 Å². The van der Waals surface area contributed by atoms with Crippen LogP contribution in [0.3, 0.4) is 0 Å². The van der Waals surface area contributed by atoms with Gasteiger partial charge in [0.05, 0.1) is 15.7 Å². The molecule has 1 heterocycles. The molecule has 1 N–H and O–H groups in total. The molecular formula is C11H8Cl2FNS. The van der Waals surface area contributed by atoms with Gasteiger partial charge in [-0.25, -0.2) is 4.39 Å². The van der Waals surface area contributed by atoms with Crippen molar-refractivity contribution in [2.45, 2.75) is 6.54 Å². The SMILES string of the molecule is Fc1ccc(NCc2cc(Cl)cs2)c(Cl)c1. The minimum atomic E-state index is -0.338. The van der Waals surface area contributed by atoms with E-state index in [9.17, 15) is 4.39 Å². The number of thiophene rings is 1. The largest absolute Gasteiger partial charge is 0.379 e. The van der Waals surface area contributed by atoms with E-state index in [0.717, 1.165) is 9.90 Å². The van der Waals surface area contributed by atoms with Crippen molar-refractivity contribution < 1.29 is 4.39 Å². The Hall–Kier alpha value is -0.770. The second-order valence-corrected chi connectivity index (χ2v) is 5.05. The van der Waals surface area contributed by atoms with Crippen LogP contribution in [0.25, 0.3) is 0 Å². The third-order valence-corrected chi connectivity index (χ3v) is 3.60. The van der Waals surface area contributed by atoms with Gasteiger partial charge in [-0.15, -0.1) is 11.3 Å². The van der Waals surface area contributed by atoms with E-state index in [1.807, 2.05) is 11.4 Å². The van der Waals surface area contributed by atoms with Gasteiger partial charge in [0, 0.05) is 16.8 Å². The highest BCUT2D eigenvalue weighted by Crippen LogP contribution is 2.25. The maximum Gasteiger partial charge on any atom is 0.124 e. The Morgan fingerprint density at radius 2 is 2.06 bits per heavy atom. The number of anilines is 1. The maximum atomic E-state index is 12.8. The molecule has 5 heteroatoms. The zero-order valence-corrected chi connectivity index (χ0v) is 10.5. The highest BCUT2D eigenvalue weighted by molar-refractivity contribution is 7.10. The van der Waals surface area contributed by atoms with E-state index >= 15 is 0 Å². The molecule has 84 valence electrons. The summed E-state index contributed by atoms with van der Waals surface area (Å²) in [4.78, 5) is 1.10. The van der Waals surface area contributed by atoms with Crippen LogP contribution in [0.2, 0.25) is 10.0 Å². The van der Waals surface area contributed by atoms with E-state index in [1.54, 1.807) is 17.4 Å². The molecule has 0 fully saturated rings. The van der Waals surface area contributed by atoms with Gasteiger partial charge >= 0.3 is 0 Å². The third kappa shape index (κ3) is 2.88. The van der Waals surface area contributed by atoms with Crippen LogP contribution in [-0.4, -0.2) is 0 Å². The second-order valence-electron chi connectivity index (χ2n) is 3.21. The van der Waals surface area contributed by atoms with Gasteiger partial charge in [0.25, 0.3) is 0 Å². The first-order valence-electron chi connectivity index (χ1n) is 4.57. The number of nitrogens with one attached hydrogen (secondary N) is 1. The molecule has 0 bridgehead atoms. The van der Waals surface area contributed by atoms with Crippen molar-refractivity contribution in [1.29, 1.82) is 0 Å². The van der Waals surface area contributed by atoms with Gasteiger partial charge in [0.15, 0.2) is 0 Å². The van der Waals surface area contributed by atoms with E-state index in [0.29, 0.717) is 17.3 Å². The van der Waals surface area contributed by atoms with Crippen LogP contribution < -0.4 is 5.32 Å². The molecular weight excluding hydrogens is 268 g/mol. The standard InChI is InChI=1S/C11H8Cl2FNS/c12-7-3-9(16-6-7)5-15-11-2-1-8(14)4-10(11)13/h1-4,6,15H,5H2. The van der Waals surface area contributed by atoms with E-state index in [-0.39, 0.29) is 5.82 Å². The highest BCUT2D eigenvalue weighted by atomic mass is 35.5. The minimum absolute atomic E-state index is 0.338. The molecule has 0 unspecified atom stereocenters. The normalized spacial score (nSPS) is 10.4. The molecule has 1 aromatic carbocycles. The van der Waals surface area contributed by atoms with Crippen molar-refractivity contribution in [1.82, 2.24) is 0 Å². The van der Waals surface area contributed by atoms with Gasteiger partial charge in [-0.3, -0.25) is 0 Å². The third-order valence-electron chi connectivity index (χ3n) is 2.01. The molecule has 16 heavy (non-hydrogen) atoms. The molecule has 1 aromatic heterocycles. The first kappa shape index (κ1) is 11.7. The van der Waals surface area contributed by atoms with Crippen molar-refractivity contribution in [3.8, 4) is 0 Å². The van der Waals surface area contributed by atoms with Crippen LogP contribution in [0.1, 0.15) is 4.88 Å². The Morgan fingerprint density at radius 1 is 1.25 bits per heavy atom. The number of hydrogen-bond donors (Lipinski definition) is 1. The second kappa shape index (κ2) is 5.04. The number of halogens is 3. The van der Waals surface area contributed by atoms with E-state index in [2.05, 4.69) is 5.32 Å². The Bertz CT molecular complexity index is 498. The van der Waals surface area contributed by atoms with Crippen molar-refractivity contribution in [2.75, 3.05) is 5.32 Å². The quantitative estimate of drug-likeness (QED) is 0.848. The Labute approximate surface area is 107 Å². The van der Waals surface area contributed by atoms with Crippen LogP contribution in [0.5, 0.6) is 0 Å². The molecule has 0 saturated carbocycles. The van der Waals surface area contributed by atoms with Gasteiger partial charge in [-0.05, 0) is 24.3 Å². The summed E-state index contributed by atoms with van der Waals surface area (Å²) < 4.78 is 12.8. The molecule has 0 aliphatic carbocycles. The average Bonchev–Trinajstić information content (AvgIpc) is 2.63. The highest BCUT2D eigenvalue weighted by Gasteiger charge is 2.02. The molecule has 0 aliphatic rings. The Balaban J connectivity index is 2.04. The smallest absolute Gasteiger partial charge is 0.124 e. The number of rotatable bonds is 3. The fraction of sp³-hybridized carbons (Fsp3) is 0.0909. The average molecular weight is 276 g/mol. The zero-order valence-electron chi connectivity index (χ0n) is 8.14. The van der Waals surface area contributed by atoms with E-state index in [4.69, 9.17) is 23.2 Å². The molecule has 0 spiro atoms. The number of benzene rings is 1. The Morgan fingerprint density at radius 3 is 2.69 bits per heavy atom. The molecule has 0 saturated heterocycles. The van der Waals surface area contributed by atoms with E-state index in [1.165, 1.54) is 12.1 Å². The Kier molecular flexibility index (Phi) is 3.69. The summed E-state index contributed by atoms with van der Waals surface area (Å²) in [7, 11) is 0. The lowest BCUT2D eigenvalue weighted by molar-refractivity contribution is 0.628. The zero-order chi connectivity index (χ0) is 11.5. The van der Waals surface area contributed by atoms with Crippen LogP contribution in [0, 0.1) is 5.82 Å². The van der Waals surface area contributed by atoms with Crippen LogP contribution in [0.4, 0.5) is 10.1 Å². The first-order chi connectivity index (χ1) is 7.65. The van der Waals surface area contributed by atoms with Gasteiger partial charge in [0.2, 0.25) is 0 Å². The summed E-state index contributed by atoms with van der Waals surface area (Å²) in [6.45, 7) is 0.628. The first-order valence-corrected chi connectivity index (χ1v) is 6.20. The van der Waals surface area contributed by atoms with E-state index < -0.39 is 0 Å². The van der Waals surface area contributed by atoms with Gasteiger partial charge < -0.3 is 5.32 Å². The monoisotopic (exact) mass is 275 g/mol. The fourth-order valence-electron chi connectivity index (χ4n) is 1.26. The maximum absolute atomic E-state index is 12.8. The summed E-state index contributed by atoms with van der Waals surface area (Å²) in [5.41, 5.74) is 0.715. The predicted molar refractivity (Wildman–Crippen MR) is 68.1 cm³/mol. The molecule has 0 atom stereocenters. The molecule has 0 radical (unpaired) electrons. The summed E-state index contributed by atoms with van der Waals surface area (Å²) in [5, 5.41) is 6.10. The predicted octanol–water partition coefficient (Wildman–Crippen LogP) is 4.81. The van der Waals surface area contributed by atoms with Crippen LogP contribution in [-0.2, 0) is 6.54 Å². The summed E-state index contributed by atoms with van der Waals surface area (Å²) >= 11 is 13.2. The van der Waals surface area contributed by atoms with Crippen molar-refractivity contribution >= 4 is 40.2 Å². The fourth-order valence-corrected chi connectivity index (χ4v) is 2.51. The lowest BCUT2D eigenvalue weighted by Gasteiger charge is -2.06. The summed E-state index contributed by atoms with van der Waals surface area (Å²) in [6.07, 6.45) is 0. The molecule has 2 aromatic rings. The molecule has 0 aliphatic heterocycles. The summed E-state index contributed by atoms with van der Waals surface area (Å²) in [5.74, 6) is -0.338. The lowest BCUT2D eigenvalue weighted by atomic mass is 10.3. The lowest BCUT2D eigenvalue weighted by Crippen LogP contribution is -1.98.